The van der Waals surface area contributed by atoms with Gasteiger partial charge in [0, 0.05) is 12.8 Å². The van der Waals surface area contributed by atoms with Crippen molar-refractivity contribution >= 4 is 11.6 Å². The highest BCUT2D eigenvalue weighted by molar-refractivity contribution is 5.90. The highest BCUT2D eigenvalue weighted by atomic mass is 19.1. The van der Waals surface area contributed by atoms with Crippen LogP contribution in [0.5, 0.6) is 0 Å². The minimum atomic E-state index is -0.380. The molecule has 92 valence electrons. The molecule has 0 saturated carbocycles. The van der Waals surface area contributed by atoms with E-state index >= 15 is 0 Å². The van der Waals surface area contributed by atoms with Gasteiger partial charge in [-0.25, -0.2) is 4.39 Å². The Balaban J connectivity index is 1.79. The number of benzene rings is 1. The standard InChI is InChI=1S/C13H17FN2O/c14-11-5-1-2-6-12(11)15-13(17)7-10-16-8-3-4-9-16/h1-2,5-6H,3-4,7-10H2,(H,15,17)/p+1. The fourth-order valence-electron chi connectivity index (χ4n) is 2.19. The van der Waals surface area contributed by atoms with Crippen LogP contribution in [0, 0.1) is 5.82 Å². The number of anilines is 1. The third kappa shape index (κ3) is 3.53. The lowest BCUT2D eigenvalue weighted by atomic mass is 10.3. The van der Waals surface area contributed by atoms with Gasteiger partial charge < -0.3 is 10.2 Å². The number of hydrogen-bond donors (Lipinski definition) is 2. The monoisotopic (exact) mass is 237 g/mol. The minimum absolute atomic E-state index is 0.102. The van der Waals surface area contributed by atoms with Crippen LogP contribution in [0.3, 0.4) is 0 Å². The van der Waals surface area contributed by atoms with E-state index in [0.717, 1.165) is 19.6 Å². The van der Waals surface area contributed by atoms with Crippen LogP contribution < -0.4 is 10.2 Å². The molecule has 0 aliphatic carbocycles. The van der Waals surface area contributed by atoms with E-state index in [1.54, 1.807) is 18.2 Å². The topological polar surface area (TPSA) is 33.5 Å². The van der Waals surface area contributed by atoms with E-state index in [-0.39, 0.29) is 17.4 Å². The molecule has 1 aromatic carbocycles. The molecule has 2 rings (SSSR count). The maximum Gasteiger partial charge on any atom is 0.230 e. The first-order valence-corrected chi connectivity index (χ1v) is 6.13. The van der Waals surface area contributed by atoms with Gasteiger partial charge in [-0.15, -0.1) is 0 Å². The number of quaternary nitrogens is 1. The molecule has 1 amide bonds. The number of para-hydroxylation sites is 1. The van der Waals surface area contributed by atoms with E-state index in [2.05, 4.69) is 5.32 Å². The molecule has 0 spiro atoms. The average molecular weight is 237 g/mol. The number of carbonyl (C=O) groups excluding carboxylic acids is 1. The fourth-order valence-corrected chi connectivity index (χ4v) is 2.19. The van der Waals surface area contributed by atoms with Crippen molar-refractivity contribution in [3.05, 3.63) is 30.1 Å². The molecule has 1 aliphatic heterocycles. The van der Waals surface area contributed by atoms with E-state index in [1.165, 1.54) is 23.8 Å². The number of likely N-dealkylation sites (tertiary alicyclic amines) is 1. The smallest absolute Gasteiger partial charge is 0.230 e. The number of halogens is 1. The quantitative estimate of drug-likeness (QED) is 0.799. The van der Waals surface area contributed by atoms with E-state index in [9.17, 15) is 9.18 Å². The Morgan fingerprint density at radius 3 is 2.71 bits per heavy atom. The number of carbonyl (C=O) groups is 1. The van der Waals surface area contributed by atoms with Gasteiger partial charge in [0.05, 0.1) is 31.7 Å². The SMILES string of the molecule is O=C(CC[NH+]1CCCC1)Nc1ccccc1F. The minimum Gasteiger partial charge on any atom is -0.334 e. The summed E-state index contributed by atoms with van der Waals surface area (Å²) in [6.45, 7) is 3.17. The maximum absolute atomic E-state index is 13.3. The summed E-state index contributed by atoms with van der Waals surface area (Å²) >= 11 is 0. The predicted octanol–water partition coefficient (Wildman–Crippen LogP) is 0.833. The van der Waals surface area contributed by atoms with Gasteiger partial charge in [-0.3, -0.25) is 4.79 Å². The molecule has 2 N–H and O–H groups in total. The van der Waals surface area contributed by atoms with E-state index < -0.39 is 0 Å². The highest BCUT2D eigenvalue weighted by Crippen LogP contribution is 2.12. The molecule has 1 aliphatic rings. The number of hydrogen-bond acceptors (Lipinski definition) is 1. The lowest BCUT2D eigenvalue weighted by Crippen LogP contribution is -3.10. The van der Waals surface area contributed by atoms with Gasteiger partial charge in [0.2, 0.25) is 5.91 Å². The lowest BCUT2D eigenvalue weighted by Gasteiger charge is -2.11. The van der Waals surface area contributed by atoms with Gasteiger partial charge in [-0.05, 0) is 12.1 Å². The number of amides is 1. The van der Waals surface area contributed by atoms with Crippen LogP contribution in [0.25, 0.3) is 0 Å². The molecule has 1 aromatic rings. The van der Waals surface area contributed by atoms with Crippen molar-refractivity contribution in [2.75, 3.05) is 25.0 Å². The van der Waals surface area contributed by atoms with Crippen molar-refractivity contribution in [1.82, 2.24) is 0 Å². The highest BCUT2D eigenvalue weighted by Gasteiger charge is 2.16. The van der Waals surface area contributed by atoms with Crippen molar-refractivity contribution in [3.8, 4) is 0 Å². The second-order valence-electron chi connectivity index (χ2n) is 4.49. The summed E-state index contributed by atoms with van der Waals surface area (Å²) in [6, 6.07) is 6.25. The Labute approximate surface area is 101 Å². The summed E-state index contributed by atoms with van der Waals surface area (Å²) in [5.74, 6) is -0.483. The van der Waals surface area contributed by atoms with Gasteiger partial charge in [0.15, 0.2) is 0 Å². The summed E-state index contributed by atoms with van der Waals surface area (Å²) in [4.78, 5) is 13.1. The Morgan fingerprint density at radius 1 is 1.29 bits per heavy atom. The van der Waals surface area contributed by atoms with Crippen LogP contribution in [-0.2, 0) is 4.79 Å². The van der Waals surface area contributed by atoms with Crippen molar-refractivity contribution in [2.24, 2.45) is 0 Å². The molecule has 3 nitrogen and oxygen atoms in total. The molecule has 0 bridgehead atoms. The molecule has 1 fully saturated rings. The zero-order valence-corrected chi connectivity index (χ0v) is 9.84. The zero-order valence-electron chi connectivity index (χ0n) is 9.84. The molecule has 0 atom stereocenters. The van der Waals surface area contributed by atoms with Crippen LogP contribution in [0.4, 0.5) is 10.1 Å². The third-order valence-corrected chi connectivity index (χ3v) is 3.16. The van der Waals surface area contributed by atoms with Crippen molar-refractivity contribution < 1.29 is 14.1 Å². The molecule has 0 aromatic heterocycles. The van der Waals surface area contributed by atoms with Gasteiger partial charge in [0.25, 0.3) is 0 Å². The van der Waals surface area contributed by atoms with Crippen molar-refractivity contribution in [1.29, 1.82) is 0 Å². The molecular formula is C13H18FN2O+. The normalized spacial score (nSPS) is 16.1. The summed E-state index contributed by atoms with van der Waals surface area (Å²) in [7, 11) is 0. The van der Waals surface area contributed by atoms with Crippen LogP contribution in [0.15, 0.2) is 24.3 Å². The molecule has 0 radical (unpaired) electrons. The van der Waals surface area contributed by atoms with E-state index in [0.29, 0.717) is 6.42 Å². The zero-order chi connectivity index (χ0) is 12.1. The number of nitrogens with one attached hydrogen (secondary N) is 2. The molecular weight excluding hydrogens is 219 g/mol. The van der Waals surface area contributed by atoms with Crippen molar-refractivity contribution in [2.45, 2.75) is 19.3 Å². The second kappa shape index (κ2) is 5.77. The van der Waals surface area contributed by atoms with Crippen molar-refractivity contribution in [3.63, 3.8) is 0 Å². The molecule has 1 saturated heterocycles. The molecule has 1 heterocycles. The van der Waals surface area contributed by atoms with Gasteiger partial charge in [-0.2, -0.15) is 0 Å². The Bertz CT molecular complexity index is 389. The van der Waals surface area contributed by atoms with Gasteiger partial charge >= 0.3 is 0 Å². The predicted molar refractivity (Wildman–Crippen MR) is 64.4 cm³/mol. The number of rotatable bonds is 4. The first-order valence-electron chi connectivity index (χ1n) is 6.13. The van der Waals surface area contributed by atoms with Crippen LogP contribution in [0.2, 0.25) is 0 Å². The van der Waals surface area contributed by atoms with Crippen LogP contribution in [0.1, 0.15) is 19.3 Å². The summed E-state index contributed by atoms with van der Waals surface area (Å²) in [5.41, 5.74) is 0.272. The molecule has 0 unspecified atom stereocenters. The Morgan fingerprint density at radius 2 is 2.00 bits per heavy atom. The molecule has 4 heteroatoms. The maximum atomic E-state index is 13.3. The average Bonchev–Trinajstić information content (AvgIpc) is 2.82. The van der Waals surface area contributed by atoms with E-state index in [4.69, 9.17) is 0 Å². The van der Waals surface area contributed by atoms with E-state index in [1.807, 2.05) is 0 Å². The first kappa shape index (κ1) is 12.0. The molecule has 17 heavy (non-hydrogen) atoms. The third-order valence-electron chi connectivity index (χ3n) is 3.16. The van der Waals surface area contributed by atoms with Gasteiger partial charge in [-0.1, -0.05) is 12.1 Å². The first-order chi connectivity index (χ1) is 8.25. The second-order valence-corrected chi connectivity index (χ2v) is 4.49. The summed E-state index contributed by atoms with van der Waals surface area (Å²) in [6.07, 6.45) is 2.97. The largest absolute Gasteiger partial charge is 0.334 e. The Kier molecular flexibility index (Phi) is 4.09. The Hall–Kier alpha value is -1.42. The fraction of sp³-hybridized carbons (Fsp3) is 0.462. The summed E-state index contributed by atoms with van der Waals surface area (Å²) in [5, 5.41) is 2.61. The van der Waals surface area contributed by atoms with Crippen LogP contribution >= 0.6 is 0 Å². The summed E-state index contributed by atoms with van der Waals surface area (Å²) < 4.78 is 13.3. The van der Waals surface area contributed by atoms with Crippen LogP contribution in [-0.4, -0.2) is 25.5 Å². The van der Waals surface area contributed by atoms with Gasteiger partial charge in [0.1, 0.15) is 5.82 Å². The lowest BCUT2D eigenvalue weighted by molar-refractivity contribution is -0.886.